The summed E-state index contributed by atoms with van der Waals surface area (Å²) in [6.07, 6.45) is 3.24. The Labute approximate surface area is 179 Å². The van der Waals surface area contributed by atoms with Crippen LogP contribution in [0.15, 0.2) is 40.4 Å². The third kappa shape index (κ3) is 6.76. The molecule has 1 aromatic heterocycles. The van der Waals surface area contributed by atoms with E-state index in [0.29, 0.717) is 31.4 Å². The minimum atomic E-state index is -3.20. The van der Waals surface area contributed by atoms with E-state index < -0.39 is 9.84 Å². The van der Waals surface area contributed by atoms with Crippen molar-refractivity contribution < 1.29 is 13.2 Å². The maximum atomic E-state index is 11.5. The Balaban J connectivity index is 1.97. The molecule has 0 radical (unpaired) electrons. The molecule has 1 heterocycles. The molecule has 166 valence electrons. The molecule has 2 rings (SSSR count). The number of nitrogens with zero attached hydrogens (tertiary/aromatic N) is 4. The van der Waals surface area contributed by atoms with Gasteiger partial charge in [-0.25, -0.2) is 13.4 Å². The second-order valence-electron chi connectivity index (χ2n) is 7.55. The van der Waals surface area contributed by atoms with Crippen LogP contribution in [0.3, 0.4) is 0 Å². The van der Waals surface area contributed by atoms with Gasteiger partial charge in [0.15, 0.2) is 15.8 Å². The maximum absolute atomic E-state index is 11.5. The molecule has 0 aliphatic carbocycles. The predicted octanol–water partition coefficient (Wildman–Crippen LogP) is 2.42. The van der Waals surface area contributed by atoms with E-state index in [9.17, 15) is 8.42 Å². The van der Waals surface area contributed by atoms with Gasteiger partial charge in [-0.05, 0) is 37.1 Å². The van der Waals surface area contributed by atoms with Crippen molar-refractivity contribution >= 4 is 15.8 Å². The lowest BCUT2D eigenvalue weighted by molar-refractivity contribution is 0.327. The van der Waals surface area contributed by atoms with Crippen molar-refractivity contribution in [1.82, 2.24) is 20.0 Å². The number of nitrogens with one attached hydrogen (secondary N) is 1. The first-order valence-corrected chi connectivity index (χ1v) is 12.0. The van der Waals surface area contributed by atoms with Crippen molar-refractivity contribution in [2.24, 2.45) is 12.0 Å². The van der Waals surface area contributed by atoms with E-state index in [0.717, 1.165) is 18.2 Å². The first-order chi connectivity index (χ1) is 14.1. The average Bonchev–Trinajstić information content (AvgIpc) is 3.04. The number of aryl methyl sites for hydroxylation is 1. The van der Waals surface area contributed by atoms with Crippen LogP contribution in [0.25, 0.3) is 0 Å². The van der Waals surface area contributed by atoms with Gasteiger partial charge in [-0.15, -0.1) is 0 Å². The summed E-state index contributed by atoms with van der Waals surface area (Å²) in [6, 6.07) is 6.42. The van der Waals surface area contributed by atoms with Crippen molar-refractivity contribution in [1.29, 1.82) is 0 Å². The van der Waals surface area contributed by atoms with E-state index in [-0.39, 0.29) is 4.90 Å². The van der Waals surface area contributed by atoms with Crippen LogP contribution >= 0.6 is 0 Å². The van der Waals surface area contributed by atoms with E-state index in [4.69, 9.17) is 4.74 Å². The Morgan fingerprint density at radius 1 is 1.30 bits per heavy atom. The minimum Gasteiger partial charge on any atom is -0.492 e. The first kappa shape index (κ1) is 23.7. The quantitative estimate of drug-likeness (QED) is 0.370. The lowest BCUT2D eigenvalue weighted by atomic mass is 10.1. The van der Waals surface area contributed by atoms with Crippen molar-refractivity contribution in [3.05, 3.63) is 41.7 Å². The number of ether oxygens (including phenoxy) is 1. The fourth-order valence-electron chi connectivity index (χ4n) is 3.06. The number of hydrogen-bond donors (Lipinski definition) is 1. The van der Waals surface area contributed by atoms with Crippen molar-refractivity contribution in [2.75, 3.05) is 33.0 Å². The fraction of sp³-hybridized carbons (Fsp3) is 0.524. The lowest BCUT2D eigenvalue weighted by Gasteiger charge is -2.22. The van der Waals surface area contributed by atoms with Crippen LogP contribution in [0.5, 0.6) is 5.75 Å². The van der Waals surface area contributed by atoms with Gasteiger partial charge in [0, 0.05) is 45.2 Å². The molecule has 0 aliphatic rings. The summed E-state index contributed by atoms with van der Waals surface area (Å²) in [7, 11) is 0.740. The Morgan fingerprint density at radius 3 is 2.53 bits per heavy atom. The topological polar surface area (TPSA) is 88.8 Å². The molecule has 0 atom stereocenters. The Kier molecular flexibility index (Phi) is 8.28. The van der Waals surface area contributed by atoms with Crippen LogP contribution in [0, 0.1) is 0 Å². The fourth-order valence-corrected chi connectivity index (χ4v) is 3.69. The van der Waals surface area contributed by atoms with Gasteiger partial charge in [0.25, 0.3) is 0 Å². The van der Waals surface area contributed by atoms with Gasteiger partial charge in [-0.2, -0.15) is 5.10 Å². The minimum absolute atomic E-state index is 0.278. The van der Waals surface area contributed by atoms with Crippen molar-refractivity contribution in [2.45, 2.75) is 38.1 Å². The third-order valence-corrected chi connectivity index (χ3v) is 5.59. The highest BCUT2D eigenvalue weighted by atomic mass is 32.2. The molecule has 0 fully saturated rings. The average molecular weight is 436 g/mol. The van der Waals surface area contributed by atoms with Crippen LogP contribution in [0.2, 0.25) is 0 Å². The summed E-state index contributed by atoms with van der Waals surface area (Å²) >= 11 is 0. The first-order valence-electron chi connectivity index (χ1n) is 10.1. The lowest BCUT2D eigenvalue weighted by Crippen LogP contribution is -2.39. The highest BCUT2D eigenvalue weighted by molar-refractivity contribution is 7.90. The molecule has 2 aromatic rings. The predicted molar refractivity (Wildman–Crippen MR) is 120 cm³/mol. The van der Waals surface area contributed by atoms with E-state index in [1.165, 1.54) is 11.8 Å². The van der Waals surface area contributed by atoms with E-state index in [2.05, 4.69) is 40.4 Å². The van der Waals surface area contributed by atoms with Gasteiger partial charge >= 0.3 is 0 Å². The number of rotatable bonds is 9. The molecule has 8 nitrogen and oxygen atoms in total. The zero-order valence-corrected chi connectivity index (χ0v) is 19.5. The summed E-state index contributed by atoms with van der Waals surface area (Å²) in [5.41, 5.74) is 2.28. The Hall–Kier alpha value is -2.55. The smallest absolute Gasteiger partial charge is 0.194 e. The Morgan fingerprint density at radius 2 is 1.97 bits per heavy atom. The molecule has 30 heavy (non-hydrogen) atoms. The SMILES string of the molecule is CCNC(=NCCOc1ccc(S(C)(=O)=O)cc1)N(C)Cc1cn(C)nc1C(C)C. The van der Waals surface area contributed by atoms with Crippen LogP contribution < -0.4 is 10.1 Å². The standard InChI is InChI=1S/C21H33N5O3S/c1-7-22-21(25(4)14-17-15-26(5)24-20(17)16(2)3)23-12-13-29-18-8-10-19(11-9-18)30(6,27)28/h8-11,15-16H,7,12-14H2,1-6H3,(H,22,23). The van der Waals surface area contributed by atoms with Gasteiger partial charge in [0.1, 0.15) is 12.4 Å². The van der Waals surface area contributed by atoms with Crippen LogP contribution in [0.4, 0.5) is 0 Å². The van der Waals surface area contributed by atoms with E-state index in [1.807, 2.05) is 25.7 Å². The maximum Gasteiger partial charge on any atom is 0.194 e. The normalized spacial score (nSPS) is 12.3. The number of aromatic nitrogens is 2. The van der Waals surface area contributed by atoms with Gasteiger partial charge in [-0.3, -0.25) is 4.68 Å². The zero-order chi connectivity index (χ0) is 22.3. The van der Waals surface area contributed by atoms with E-state index >= 15 is 0 Å². The second-order valence-corrected chi connectivity index (χ2v) is 9.57. The molecule has 0 saturated heterocycles. The monoisotopic (exact) mass is 435 g/mol. The molecule has 0 aliphatic heterocycles. The van der Waals surface area contributed by atoms with Gasteiger partial charge in [0.2, 0.25) is 0 Å². The molecule has 9 heteroatoms. The highest BCUT2D eigenvalue weighted by Gasteiger charge is 2.15. The highest BCUT2D eigenvalue weighted by Crippen LogP contribution is 2.19. The molecular formula is C21H33N5O3S. The largest absolute Gasteiger partial charge is 0.492 e. The summed E-state index contributed by atoms with van der Waals surface area (Å²) < 4.78 is 30.6. The summed E-state index contributed by atoms with van der Waals surface area (Å²) in [5.74, 6) is 1.77. The van der Waals surface area contributed by atoms with Crippen molar-refractivity contribution in [3.8, 4) is 5.75 Å². The number of guanidine groups is 1. The zero-order valence-electron chi connectivity index (χ0n) is 18.7. The molecule has 1 aromatic carbocycles. The summed E-state index contributed by atoms with van der Waals surface area (Å²) in [5, 5.41) is 7.88. The van der Waals surface area contributed by atoms with Crippen molar-refractivity contribution in [3.63, 3.8) is 0 Å². The molecule has 1 N–H and O–H groups in total. The van der Waals surface area contributed by atoms with Gasteiger partial charge in [-0.1, -0.05) is 13.8 Å². The number of sulfone groups is 1. The molecule has 0 amide bonds. The summed E-state index contributed by atoms with van der Waals surface area (Å²) in [6.45, 7) is 8.67. The van der Waals surface area contributed by atoms with Crippen LogP contribution in [-0.4, -0.2) is 62.1 Å². The Bertz CT molecular complexity index is 950. The molecule has 0 saturated carbocycles. The third-order valence-electron chi connectivity index (χ3n) is 4.46. The summed E-state index contributed by atoms with van der Waals surface area (Å²) in [4.78, 5) is 7.00. The second kappa shape index (κ2) is 10.5. The van der Waals surface area contributed by atoms with Crippen LogP contribution in [0.1, 0.15) is 37.9 Å². The molecule has 0 bridgehead atoms. The molecule has 0 spiro atoms. The van der Waals surface area contributed by atoms with Gasteiger partial charge < -0.3 is 15.0 Å². The van der Waals surface area contributed by atoms with Crippen LogP contribution in [-0.2, 0) is 23.4 Å². The number of aliphatic imine (C=N–C) groups is 1. The number of hydrogen-bond acceptors (Lipinski definition) is 5. The molecular weight excluding hydrogens is 402 g/mol. The number of benzene rings is 1. The van der Waals surface area contributed by atoms with E-state index in [1.54, 1.807) is 24.3 Å². The molecule has 0 unspecified atom stereocenters. The van der Waals surface area contributed by atoms with Gasteiger partial charge in [0.05, 0.1) is 17.1 Å².